The van der Waals surface area contributed by atoms with Gasteiger partial charge in [0.25, 0.3) is 0 Å². The molecular weight excluding hydrogens is 755 g/mol. The zero-order chi connectivity index (χ0) is 41.4. The van der Waals surface area contributed by atoms with Gasteiger partial charge in [0.05, 0.1) is 28.7 Å². The summed E-state index contributed by atoms with van der Waals surface area (Å²) in [6.07, 6.45) is -0.517. The molecule has 296 valence electrons. The van der Waals surface area contributed by atoms with Gasteiger partial charge in [-0.05, 0) is 99.6 Å². The first-order valence-electron chi connectivity index (χ1n) is 21.1. The summed E-state index contributed by atoms with van der Waals surface area (Å²) in [7, 11) is 0. The fourth-order valence-electron chi connectivity index (χ4n) is 8.97. The zero-order valence-corrected chi connectivity index (χ0v) is 34.1. The predicted octanol–water partition coefficient (Wildman–Crippen LogP) is 13.5. The van der Waals surface area contributed by atoms with E-state index >= 15 is 0 Å². The van der Waals surface area contributed by atoms with Crippen molar-refractivity contribution in [1.82, 2.24) is 14.5 Å². The molecule has 2 heterocycles. The van der Waals surface area contributed by atoms with Gasteiger partial charge in [0.15, 0.2) is 0 Å². The van der Waals surface area contributed by atoms with Gasteiger partial charge >= 0.3 is 0 Å². The van der Waals surface area contributed by atoms with E-state index in [-0.39, 0.29) is 0 Å². The smallest absolute Gasteiger partial charge is 0.131 e. The Balaban J connectivity index is 1.05. The lowest BCUT2D eigenvalue weighted by atomic mass is 9.98. The summed E-state index contributed by atoms with van der Waals surface area (Å²) in [6, 6.07) is 79.7. The molecule has 11 rings (SSSR count). The van der Waals surface area contributed by atoms with Crippen LogP contribution in [0, 0.1) is 0 Å². The van der Waals surface area contributed by atoms with Crippen molar-refractivity contribution in [3.8, 4) is 39.1 Å². The van der Waals surface area contributed by atoms with Crippen LogP contribution in [-0.2, 0) is 6.67 Å². The third-order valence-corrected chi connectivity index (χ3v) is 12.1. The van der Waals surface area contributed by atoms with Crippen molar-refractivity contribution in [3.63, 3.8) is 0 Å². The lowest BCUT2D eigenvalue weighted by molar-refractivity contribution is 0.693. The van der Waals surface area contributed by atoms with Crippen molar-refractivity contribution in [1.29, 1.82) is 0 Å². The summed E-state index contributed by atoms with van der Waals surface area (Å²) >= 11 is 0. The number of hydrogen-bond donors (Lipinski definition) is 2. The number of aromatic nitrogens is 2. The highest BCUT2D eigenvalue weighted by Gasteiger charge is 2.18. The van der Waals surface area contributed by atoms with Crippen LogP contribution in [0.5, 0.6) is 0 Å². The summed E-state index contributed by atoms with van der Waals surface area (Å²) in [6.45, 7) is 0.494. The number of fused-ring (bicyclic) bond motifs is 6. The number of hydrogen-bond acceptors (Lipinski definition) is 2. The van der Waals surface area contributed by atoms with Crippen molar-refractivity contribution in [2.45, 2.75) is 12.8 Å². The summed E-state index contributed by atoms with van der Waals surface area (Å²) < 4.78 is 4.75. The first-order chi connectivity index (χ1) is 30.7. The molecular formula is C57H43N5. The van der Waals surface area contributed by atoms with Crippen LogP contribution in [0.2, 0.25) is 0 Å². The van der Waals surface area contributed by atoms with E-state index in [1.807, 2.05) is 48.5 Å². The normalized spacial score (nSPS) is 12.4. The molecule has 0 fully saturated rings. The molecule has 0 saturated carbocycles. The van der Waals surface area contributed by atoms with Crippen molar-refractivity contribution in [2.75, 3.05) is 0 Å². The molecule has 62 heavy (non-hydrogen) atoms. The molecule has 0 aliphatic heterocycles. The van der Waals surface area contributed by atoms with E-state index in [0.29, 0.717) is 6.67 Å². The number of aliphatic imine (C=N–C) groups is 1. The zero-order valence-electron chi connectivity index (χ0n) is 34.1. The van der Waals surface area contributed by atoms with Crippen molar-refractivity contribution < 1.29 is 0 Å². The molecule has 0 radical (unpaired) electrons. The summed E-state index contributed by atoms with van der Waals surface area (Å²) in [5.74, 6) is 0.743. The SMILES string of the molecule is NC(N=C(NCn1c2ccc(-c3ccccc3)cc2c2cc(-c3ccc4c(c3)c3cc(-c5ccccc5)ccc3n4-c3ccccc3)ccc21)c1ccccc1)c1ccccc1. The molecule has 0 bridgehead atoms. The van der Waals surface area contributed by atoms with Gasteiger partial charge in [-0.1, -0.05) is 164 Å². The standard InChI is InChI=1S/C57H43N5/c58-56(41-20-10-3-11-21-41)60-57(42-22-12-4-13-23-42)59-38-61-52-30-26-43(39-16-6-1-7-17-39)34-48(52)49-36-45(27-31-53(49)61)46-29-33-55-51(37-46)50-35-44(40-18-8-2-9-19-40)28-32-54(50)62(55)47-24-14-5-15-25-47/h1-37,56H,38,58H2,(H,59,60). The van der Waals surface area contributed by atoms with E-state index in [0.717, 1.165) is 39.2 Å². The molecule has 11 aromatic rings. The minimum Gasteiger partial charge on any atom is -0.352 e. The topological polar surface area (TPSA) is 60.3 Å². The van der Waals surface area contributed by atoms with Crippen LogP contribution in [0.25, 0.3) is 82.7 Å². The summed E-state index contributed by atoms with van der Waals surface area (Å²) in [5.41, 5.74) is 21.5. The number of para-hydroxylation sites is 1. The Bertz CT molecular complexity index is 3390. The number of nitrogens with two attached hydrogens (primary N) is 1. The number of nitrogens with zero attached hydrogens (tertiary/aromatic N) is 3. The maximum Gasteiger partial charge on any atom is 0.131 e. The van der Waals surface area contributed by atoms with Crippen molar-refractivity contribution >= 4 is 49.4 Å². The molecule has 2 aromatic heterocycles. The Hall–Kier alpha value is -7.99. The summed E-state index contributed by atoms with van der Waals surface area (Å²) in [5, 5.41) is 8.55. The highest BCUT2D eigenvalue weighted by Crippen LogP contribution is 2.39. The highest BCUT2D eigenvalue weighted by molar-refractivity contribution is 6.13. The largest absolute Gasteiger partial charge is 0.352 e. The van der Waals surface area contributed by atoms with Crippen LogP contribution in [0.1, 0.15) is 17.3 Å². The van der Waals surface area contributed by atoms with E-state index < -0.39 is 6.17 Å². The molecule has 1 atom stereocenters. The van der Waals surface area contributed by atoms with Crippen LogP contribution < -0.4 is 11.1 Å². The minimum absolute atomic E-state index is 0.494. The number of benzene rings is 9. The van der Waals surface area contributed by atoms with Gasteiger partial charge < -0.3 is 20.2 Å². The monoisotopic (exact) mass is 797 g/mol. The Labute approximate surface area is 360 Å². The second kappa shape index (κ2) is 15.9. The highest BCUT2D eigenvalue weighted by atomic mass is 15.2. The Morgan fingerprint density at radius 1 is 0.419 bits per heavy atom. The first-order valence-corrected chi connectivity index (χ1v) is 21.1. The molecule has 0 aliphatic rings. The third-order valence-electron chi connectivity index (χ3n) is 12.1. The van der Waals surface area contributed by atoms with Crippen LogP contribution in [0.4, 0.5) is 0 Å². The second-order valence-electron chi connectivity index (χ2n) is 15.8. The fraction of sp³-hybridized carbons (Fsp3) is 0.0351. The van der Waals surface area contributed by atoms with E-state index in [4.69, 9.17) is 10.7 Å². The third kappa shape index (κ3) is 6.81. The molecule has 0 amide bonds. The van der Waals surface area contributed by atoms with E-state index in [1.165, 1.54) is 60.4 Å². The second-order valence-corrected chi connectivity index (χ2v) is 15.8. The number of rotatable bonds is 9. The van der Waals surface area contributed by atoms with E-state index in [9.17, 15) is 0 Å². The number of amidine groups is 1. The molecule has 5 heteroatoms. The summed E-state index contributed by atoms with van der Waals surface area (Å²) in [4.78, 5) is 5.04. The fourth-order valence-corrected chi connectivity index (χ4v) is 8.97. The van der Waals surface area contributed by atoms with Gasteiger partial charge in [-0.15, -0.1) is 0 Å². The van der Waals surface area contributed by atoms with Crippen molar-refractivity contribution in [2.24, 2.45) is 10.7 Å². The molecule has 3 N–H and O–H groups in total. The van der Waals surface area contributed by atoms with Gasteiger partial charge in [-0.2, -0.15) is 0 Å². The molecule has 1 unspecified atom stereocenters. The van der Waals surface area contributed by atoms with Gasteiger partial charge in [-0.25, -0.2) is 4.99 Å². The van der Waals surface area contributed by atoms with Crippen molar-refractivity contribution in [3.05, 3.63) is 236 Å². The molecule has 0 spiro atoms. The number of nitrogens with one attached hydrogen (secondary N) is 1. The maximum absolute atomic E-state index is 6.70. The molecule has 0 aliphatic carbocycles. The van der Waals surface area contributed by atoms with Gasteiger partial charge in [-0.3, -0.25) is 0 Å². The average molecular weight is 798 g/mol. The maximum atomic E-state index is 6.70. The van der Waals surface area contributed by atoms with Crippen LogP contribution >= 0.6 is 0 Å². The van der Waals surface area contributed by atoms with Gasteiger partial charge in [0.1, 0.15) is 12.0 Å². The Morgan fingerprint density at radius 3 is 1.29 bits per heavy atom. The molecule has 9 aromatic carbocycles. The van der Waals surface area contributed by atoms with Crippen LogP contribution in [-0.4, -0.2) is 15.0 Å². The average Bonchev–Trinajstić information content (AvgIpc) is 3.84. The van der Waals surface area contributed by atoms with E-state index in [1.54, 1.807) is 0 Å². The Kier molecular flexibility index (Phi) is 9.49. The molecule has 5 nitrogen and oxygen atoms in total. The minimum atomic E-state index is -0.517. The van der Waals surface area contributed by atoms with Crippen LogP contribution in [0.3, 0.4) is 0 Å². The molecule has 0 saturated heterocycles. The van der Waals surface area contributed by atoms with Gasteiger partial charge in [0.2, 0.25) is 0 Å². The quantitative estimate of drug-likeness (QED) is 0.113. The lowest BCUT2D eigenvalue weighted by Crippen LogP contribution is -2.28. The van der Waals surface area contributed by atoms with E-state index in [2.05, 4.69) is 190 Å². The van der Waals surface area contributed by atoms with Crippen LogP contribution in [0.15, 0.2) is 229 Å². The Morgan fingerprint density at radius 2 is 0.806 bits per heavy atom. The van der Waals surface area contributed by atoms with Gasteiger partial charge in [0, 0.05) is 32.8 Å². The predicted molar refractivity (Wildman–Crippen MR) is 260 cm³/mol. The first kappa shape index (κ1) is 37.0. The lowest BCUT2D eigenvalue weighted by Gasteiger charge is -2.16.